The zero-order valence-electron chi connectivity index (χ0n) is 15.6. The van der Waals surface area contributed by atoms with Crippen LogP contribution in [0.2, 0.25) is 0 Å². The first-order chi connectivity index (χ1) is 12.1. The Morgan fingerprint density at radius 2 is 2.04 bits per heavy atom. The fraction of sp³-hybridized carbons (Fsp3) is 0.474. The summed E-state index contributed by atoms with van der Waals surface area (Å²) in [6, 6.07) is 4.94. The number of nitrogens with zero attached hydrogens (tertiary/aromatic N) is 2. The lowest BCUT2D eigenvalue weighted by atomic mass is 10.1. The molecule has 0 spiro atoms. The largest absolute Gasteiger partial charge is 0.357 e. The van der Waals surface area contributed by atoms with Crippen molar-refractivity contribution in [3.05, 3.63) is 51.2 Å². The Labute approximate surface area is 176 Å². The van der Waals surface area contributed by atoms with Crippen molar-refractivity contribution in [2.45, 2.75) is 40.0 Å². The minimum absolute atomic E-state index is 0. The van der Waals surface area contributed by atoms with Gasteiger partial charge in [-0.05, 0) is 49.9 Å². The molecule has 0 bridgehead atoms. The monoisotopic (exact) mass is 490 g/mol. The Hall–Kier alpha value is -1.22. The van der Waals surface area contributed by atoms with E-state index in [1.807, 2.05) is 19.2 Å². The van der Waals surface area contributed by atoms with Crippen LogP contribution in [-0.4, -0.2) is 30.6 Å². The van der Waals surface area contributed by atoms with Crippen LogP contribution in [0.5, 0.6) is 0 Å². The van der Waals surface area contributed by atoms with Crippen molar-refractivity contribution in [2.24, 2.45) is 4.99 Å². The van der Waals surface area contributed by atoms with Gasteiger partial charge in [-0.3, -0.25) is 4.99 Å². The van der Waals surface area contributed by atoms with Gasteiger partial charge in [0.1, 0.15) is 5.82 Å². The fourth-order valence-corrected chi connectivity index (χ4v) is 3.34. The lowest BCUT2D eigenvalue weighted by Gasteiger charge is -2.12. The van der Waals surface area contributed by atoms with Gasteiger partial charge in [0.15, 0.2) is 5.96 Å². The maximum Gasteiger partial charge on any atom is 0.191 e. The molecular weight excluding hydrogens is 462 g/mol. The SMILES string of the molecule is CCNC(=NCCc1ncc(CC)s1)NCCc1ccc(F)cc1C.I. The normalized spacial score (nSPS) is 11.2. The van der Waals surface area contributed by atoms with Gasteiger partial charge in [-0.15, -0.1) is 35.3 Å². The lowest BCUT2D eigenvalue weighted by molar-refractivity contribution is 0.625. The van der Waals surface area contributed by atoms with Crippen LogP contribution in [0.4, 0.5) is 4.39 Å². The van der Waals surface area contributed by atoms with Crippen molar-refractivity contribution >= 4 is 41.3 Å². The van der Waals surface area contributed by atoms with Crippen LogP contribution in [0.15, 0.2) is 29.4 Å². The van der Waals surface area contributed by atoms with Crippen LogP contribution in [0.1, 0.15) is 34.9 Å². The molecule has 0 aliphatic carbocycles. The fourth-order valence-electron chi connectivity index (χ4n) is 2.49. The third kappa shape index (κ3) is 7.57. The number of aryl methyl sites for hydroxylation is 2. The van der Waals surface area contributed by atoms with Crippen molar-refractivity contribution in [1.29, 1.82) is 0 Å². The minimum atomic E-state index is -0.183. The molecule has 0 fully saturated rings. The van der Waals surface area contributed by atoms with Crippen molar-refractivity contribution in [2.75, 3.05) is 19.6 Å². The average molecular weight is 490 g/mol. The molecular formula is C19H28FIN4S. The Balaban J connectivity index is 0.00000338. The molecule has 0 aliphatic heterocycles. The Kier molecular flexibility index (Phi) is 10.7. The molecule has 0 amide bonds. The summed E-state index contributed by atoms with van der Waals surface area (Å²) in [4.78, 5) is 10.4. The number of nitrogens with one attached hydrogen (secondary N) is 2. The molecule has 4 nitrogen and oxygen atoms in total. The third-order valence-corrected chi connectivity index (χ3v) is 5.08. The number of halogens is 2. The molecule has 0 atom stereocenters. The third-order valence-electron chi connectivity index (χ3n) is 3.88. The smallest absolute Gasteiger partial charge is 0.191 e. The van der Waals surface area contributed by atoms with Gasteiger partial charge in [0, 0.05) is 37.1 Å². The zero-order chi connectivity index (χ0) is 18.1. The maximum atomic E-state index is 13.2. The van der Waals surface area contributed by atoms with E-state index >= 15 is 0 Å². The molecule has 2 aromatic rings. The number of guanidine groups is 1. The van der Waals surface area contributed by atoms with Gasteiger partial charge >= 0.3 is 0 Å². The van der Waals surface area contributed by atoms with E-state index in [1.54, 1.807) is 17.4 Å². The molecule has 1 aromatic heterocycles. The lowest BCUT2D eigenvalue weighted by Crippen LogP contribution is -2.38. The van der Waals surface area contributed by atoms with Gasteiger partial charge in [0.25, 0.3) is 0 Å². The van der Waals surface area contributed by atoms with E-state index in [0.29, 0.717) is 6.54 Å². The molecule has 0 unspecified atom stereocenters. The number of aromatic nitrogens is 1. The van der Waals surface area contributed by atoms with Crippen LogP contribution in [0.3, 0.4) is 0 Å². The first-order valence-electron chi connectivity index (χ1n) is 8.83. The van der Waals surface area contributed by atoms with E-state index < -0.39 is 0 Å². The highest BCUT2D eigenvalue weighted by molar-refractivity contribution is 14.0. The summed E-state index contributed by atoms with van der Waals surface area (Å²) in [5, 5.41) is 7.74. The van der Waals surface area contributed by atoms with Gasteiger partial charge in [-0.2, -0.15) is 0 Å². The summed E-state index contributed by atoms with van der Waals surface area (Å²) in [5.74, 6) is 0.632. The van der Waals surface area contributed by atoms with Crippen LogP contribution in [0, 0.1) is 12.7 Å². The van der Waals surface area contributed by atoms with Crippen LogP contribution < -0.4 is 10.6 Å². The van der Waals surface area contributed by atoms with E-state index in [-0.39, 0.29) is 29.8 Å². The number of hydrogen-bond donors (Lipinski definition) is 2. The Bertz CT molecular complexity index is 703. The van der Waals surface area contributed by atoms with Gasteiger partial charge < -0.3 is 10.6 Å². The number of aliphatic imine (C=N–C) groups is 1. The number of benzene rings is 1. The Morgan fingerprint density at radius 3 is 2.69 bits per heavy atom. The predicted molar refractivity (Wildman–Crippen MR) is 119 cm³/mol. The van der Waals surface area contributed by atoms with E-state index in [2.05, 4.69) is 34.5 Å². The Morgan fingerprint density at radius 1 is 1.23 bits per heavy atom. The molecule has 2 rings (SSSR count). The molecule has 144 valence electrons. The van der Waals surface area contributed by atoms with E-state index in [1.165, 1.54) is 10.9 Å². The van der Waals surface area contributed by atoms with Crippen LogP contribution in [-0.2, 0) is 19.3 Å². The highest BCUT2D eigenvalue weighted by Crippen LogP contribution is 2.13. The van der Waals surface area contributed by atoms with E-state index in [4.69, 9.17) is 0 Å². The summed E-state index contributed by atoms with van der Waals surface area (Å²) in [6.07, 6.45) is 4.69. The first-order valence-corrected chi connectivity index (χ1v) is 9.64. The summed E-state index contributed by atoms with van der Waals surface area (Å²) in [6.45, 7) is 8.42. The highest BCUT2D eigenvalue weighted by atomic mass is 127. The van der Waals surface area contributed by atoms with Crippen molar-refractivity contribution in [3.8, 4) is 0 Å². The van der Waals surface area contributed by atoms with Crippen molar-refractivity contribution in [3.63, 3.8) is 0 Å². The molecule has 26 heavy (non-hydrogen) atoms. The second kappa shape index (κ2) is 12.2. The molecule has 0 saturated heterocycles. The number of hydrogen-bond acceptors (Lipinski definition) is 3. The van der Waals surface area contributed by atoms with Crippen LogP contribution >= 0.6 is 35.3 Å². The highest BCUT2D eigenvalue weighted by Gasteiger charge is 2.03. The standard InChI is InChI=1S/C19H27FN4S.HI/c1-4-17-13-24-18(25-17)9-11-23-19(21-5-2)22-10-8-15-6-7-16(20)12-14(15)3;/h6-7,12-13H,4-5,8-11H2,1-3H3,(H2,21,22,23);1H. The maximum absolute atomic E-state index is 13.2. The van der Waals surface area contributed by atoms with Crippen molar-refractivity contribution < 1.29 is 4.39 Å². The minimum Gasteiger partial charge on any atom is -0.357 e. The summed E-state index contributed by atoms with van der Waals surface area (Å²) >= 11 is 1.76. The van der Waals surface area contributed by atoms with Gasteiger partial charge in [-0.25, -0.2) is 9.37 Å². The summed E-state index contributed by atoms with van der Waals surface area (Å²) in [5.41, 5.74) is 2.14. The number of rotatable bonds is 8. The van der Waals surface area contributed by atoms with E-state index in [9.17, 15) is 4.39 Å². The first kappa shape index (κ1) is 22.8. The molecule has 0 radical (unpaired) electrons. The zero-order valence-corrected chi connectivity index (χ0v) is 18.8. The second-order valence-corrected chi connectivity index (χ2v) is 7.03. The van der Waals surface area contributed by atoms with E-state index in [0.717, 1.165) is 54.4 Å². The topological polar surface area (TPSA) is 49.3 Å². The second-order valence-electron chi connectivity index (χ2n) is 5.83. The van der Waals surface area contributed by atoms with Gasteiger partial charge in [0.2, 0.25) is 0 Å². The molecule has 0 aliphatic rings. The molecule has 7 heteroatoms. The van der Waals surface area contributed by atoms with Crippen molar-refractivity contribution in [1.82, 2.24) is 15.6 Å². The summed E-state index contributed by atoms with van der Waals surface area (Å²) in [7, 11) is 0. The molecule has 1 heterocycles. The average Bonchev–Trinajstić information content (AvgIpc) is 3.05. The van der Waals surface area contributed by atoms with Gasteiger partial charge in [0.05, 0.1) is 5.01 Å². The summed E-state index contributed by atoms with van der Waals surface area (Å²) < 4.78 is 13.2. The number of thiazole rings is 1. The predicted octanol–water partition coefficient (Wildman–Crippen LogP) is 4.11. The van der Waals surface area contributed by atoms with Gasteiger partial charge in [-0.1, -0.05) is 13.0 Å². The molecule has 1 aromatic carbocycles. The quantitative estimate of drug-likeness (QED) is 0.333. The molecule has 0 saturated carbocycles. The van der Waals surface area contributed by atoms with Crippen LogP contribution in [0.25, 0.3) is 0 Å². The molecule has 2 N–H and O–H groups in total.